The van der Waals surface area contributed by atoms with E-state index in [4.69, 9.17) is 0 Å². The van der Waals surface area contributed by atoms with E-state index in [0.29, 0.717) is 0 Å². The molecule has 3 nitrogen and oxygen atoms in total. The second kappa shape index (κ2) is 8.98. The lowest BCUT2D eigenvalue weighted by molar-refractivity contribution is 0.570. The van der Waals surface area contributed by atoms with Crippen molar-refractivity contribution in [3.8, 4) is 0 Å². The first kappa shape index (κ1) is 17.9. The Balaban J connectivity index is 1.36. The lowest BCUT2D eigenvalue weighted by atomic mass is 9.97. The Morgan fingerprint density at radius 3 is 2.08 bits per heavy atom. The zero-order chi connectivity index (χ0) is 17.5. The molecule has 2 aromatic carbocycles. The van der Waals surface area contributed by atoms with Crippen molar-refractivity contribution in [3.05, 3.63) is 61.9 Å². The molecule has 0 radical (unpaired) electrons. The van der Waals surface area contributed by atoms with E-state index in [1.54, 1.807) is 0 Å². The van der Waals surface area contributed by atoms with Crippen LogP contribution in [-0.2, 0) is 12.8 Å². The summed E-state index contributed by atoms with van der Waals surface area (Å²) in [4.78, 5) is 26.0. The fourth-order valence-electron chi connectivity index (χ4n) is 3.92. The van der Waals surface area contributed by atoms with Crippen LogP contribution >= 0.6 is 0 Å². The summed E-state index contributed by atoms with van der Waals surface area (Å²) in [6.07, 6.45) is 11.3. The third-order valence-corrected chi connectivity index (χ3v) is 5.39. The van der Waals surface area contributed by atoms with Crippen LogP contribution in [-0.4, -0.2) is 13.1 Å². The lowest BCUT2D eigenvalue weighted by Gasteiger charge is -2.30. The minimum atomic E-state index is -0.236. The van der Waals surface area contributed by atoms with E-state index < -0.39 is 0 Å². The van der Waals surface area contributed by atoms with Gasteiger partial charge < -0.3 is 4.90 Å². The molecule has 0 N–H and O–H groups in total. The van der Waals surface area contributed by atoms with E-state index in [1.807, 2.05) is 0 Å². The molecular weight excluding hydrogens is 310 g/mol. The van der Waals surface area contributed by atoms with E-state index in [1.165, 1.54) is 31.2 Å². The molecule has 0 aromatic heterocycles. The maximum absolute atomic E-state index is 11.9. The minimum absolute atomic E-state index is 0.218. The highest BCUT2D eigenvalue weighted by molar-refractivity contribution is 5.58. The van der Waals surface area contributed by atoms with Crippen LogP contribution in [0.15, 0.2) is 39.9 Å². The van der Waals surface area contributed by atoms with Gasteiger partial charge in [0.05, 0.1) is 5.69 Å². The summed E-state index contributed by atoms with van der Waals surface area (Å²) in [6, 6.07) is 10.6. The number of aryl methyl sites for hydroxylation is 1. The Labute approximate surface area is 150 Å². The van der Waals surface area contributed by atoms with Gasteiger partial charge in [-0.15, -0.1) is 0 Å². The highest BCUT2D eigenvalue weighted by atomic mass is 16.2. The highest BCUT2D eigenvalue weighted by Crippen LogP contribution is 2.22. The molecule has 0 spiro atoms. The molecule has 0 saturated carbocycles. The first-order valence-corrected chi connectivity index (χ1v) is 9.88. The van der Waals surface area contributed by atoms with Gasteiger partial charge in [0.25, 0.3) is 0 Å². The Bertz CT molecular complexity index is 722. The van der Waals surface area contributed by atoms with Gasteiger partial charge in [-0.1, -0.05) is 49.6 Å². The van der Waals surface area contributed by atoms with Crippen molar-refractivity contribution in [1.29, 1.82) is 0 Å². The van der Waals surface area contributed by atoms with Gasteiger partial charge in [-0.05, 0) is 50.5 Å². The standard InChI is InChI=1S/C22H29NO2/c24-21-19(20(22(21)25)23-16-10-5-11-17-23)15-9-3-1-2-6-12-18-13-7-4-8-14-18/h4,7-8,13-14H,1-3,5-6,9-12,15-17H2. The monoisotopic (exact) mass is 339 g/mol. The Morgan fingerprint density at radius 2 is 1.36 bits per heavy atom. The van der Waals surface area contributed by atoms with Gasteiger partial charge in [-0.25, -0.2) is 0 Å². The van der Waals surface area contributed by atoms with Crippen molar-refractivity contribution < 1.29 is 0 Å². The van der Waals surface area contributed by atoms with Gasteiger partial charge in [0.1, 0.15) is 0 Å². The second-order valence-corrected chi connectivity index (χ2v) is 7.29. The summed E-state index contributed by atoms with van der Waals surface area (Å²) in [5, 5.41) is 0. The van der Waals surface area contributed by atoms with Gasteiger partial charge in [0.2, 0.25) is 10.9 Å². The minimum Gasteiger partial charge on any atom is -0.368 e. The molecule has 0 aliphatic carbocycles. The number of nitrogens with zero attached hydrogens (tertiary/aromatic N) is 1. The maximum Gasteiger partial charge on any atom is 0.249 e. The van der Waals surface area contributed by atoms with Crippen LogP contribution in [0.4, 0.5) is 5.69 Å². The van der Waals surface area contributed by atoms with E-state index >= 15 is 0 Å². The first-order valence-electron chi connectivity index (χ1n) is 9.88. The predicted molar refractivity (Wildman–Crippen MR) is 104 cm³/mol. The van der Waals surface area contributed by atoms with Crippen molar-refractivity contribution >= 4 is 5.69 Å². The molecule has 1 aliphatic heterocycles. The molecule has 1 aliphatic rings. The normalized spacial score (nSPS) is 15.0. The fourth-order valence-corrected chi connectivity index (χ4v) is 3.92. The zero-order valence-electron chi connectivity index (χ0n) is 15.1. The molecule has 3 rings (SSSR count). The molecule has 1 saturated heterocycles. The van der Waals surface area contributed by atoms with Gasteiger partial charge in [-0.3, -0.25) is 9.59 Å². The maximum atomic E-state index is 11.9. The lowest BCUT2D eigenvalue weighted by Crippen LogP contribution is -2.45. The van der Waals surface area contributed by atoms with Crippen molar-refractivity contribution in [2.24, 2.45) is 0 Å². The summed E-state index contributed by atoms with van der Waals surface area (Å²) in [5.41, 5.74) is 2.53. The molecule has 134 valence electrons. The van der Waals surface area contributed by atoms with Crippen LogP contribution in [0.25, 0.3) is 0 Å². The molecule has 1 heterocycles. The van der Waals surface area contributed by atoms with E-state index in [9.17, 15) is 9.59 Å². The number of piperidine rings is 1. The SMILES string of the molecule is O=c1c(CCCCCCCc2ccccc2)c(N2CCCCC2)c1=O. The molecule has 2 aromatic rings. The van der Waals surface area contributed by atoms with Crippen LogP contribution in [0.3, 0.4) is 0 Å². The van der Waals surface area contributed by atoms with E-state index in [0.717, 1.165) is 62.9 Å². The predicted octanol–water partition coefficient (Wildman–Crippen LogP) is 4.01. The van der Waals surface area contributed by atoms with Gasteiger partial charge in [0.15, 0.2) is 0 Å². The summed E-state index contributed by atoms with van der Waals surface area (Å²) in [5.74, 6) is 0. The number of anilines is 1. The molecule has 0 amide bonds. The number of rotatable bonds is 9. The van der Waals surface area contributed by atoms with Gasteiger partial charge in [-0.2, -0.15) is 0 Å². The van der Waals surface area contributed by atoms with Crippen molar-refractivity contribution in [3.63, 3.8) is 0 Å². The summed E-state index contributed by atoms with van der Waals surface area (Å²) in [7, 11) is 0. The second-order valence-electron chi connectivity index (χ2n) is 7.29. The fraction of sp³-hybridized carbons (Fsp3) is 0.545. The van der Waals surface area contributed by atoms with Crippen molar-refractivity contribution in [2.75, 3.05) is 18.0 Å². The van der Waals surface area contributed by atoms with Crippen molar-refractivity contribution in [2.45, 2.75) is 64.2 Å². The van der Waals surface area contributed by atoms with Gasteiger partial charge >= 0.3 is 0 Å². The summed E-state index contributed by atoms with van der Waals surface area (Å²) < 4.78 is 0. The van der Waals surface area contributed by atoms with Crippen molar-refractivity contribution in [1.82, 2.24) is 0 Å². The summed E-state index contributed by atoms with van der Waals surface area (Å²) >= 11 is 0. The average Bonchev–Trinajstić information content (AvgIpc) is 2.67. The van der Waals surface area contributed by atoms with Crippen LogP contribution in [0.2, 0.25) is 0 Å². The van der Waals surface area contributed by atoms with Crippen LogP contribution in [0.1, 0.15) is 62.5 Å². The Morgan fingerprint density at radius 1 is 0.720 bits per heavy atom. The number of unbranched alkanes of at least 4 members (excludes halogenated alkanes) is 4. The number of hydrogen-bond donors (Lipinski definition) is 0. The molecule has 0 unspecified atom stereocenters. The molecule has 0 atom stereocenters. The molecule has 0 bridgehead atoms. The molecule has 1 fully saturated rings. The topological polar surface area (TPSA) is 37.4 Å². The third kappa shape index (κ3) is 4.59. The van der Waals surface area contributed by atoms with Crippen LogP contribution in [0, 0.1) is 0 Å². The molecular formula is C22H29NO2. The molecule has 3 heteroatoms. The zero-order valence-corrected chi connectivity index (χ0v) is 15.1. The Kier molecular flexibility index (Phi) is 6.43. The van der Waals surface area contributed by atoms with Crippen LogP contribution in [0.5, 0.6) is 0 Å². The molecule has 25 heavy (non-hydrogen) atoms. The first-order chi connectivity index (χ1) is 12.3. The third-order valence-electron chi connectivity index (χ3n) is 5.39. The Hall–Kier alpha value is -1.90. The van der Waals surface area contributed by atoms with E-state index in [-0.39, 0.29) is 10.9 Å². The van der Waals surface area contributed by atoms with E-state index in [2.05, 4.69) is 35.2 Å². The quantitative estimate of drug-likeness (QED) is 0.512. The van der Waals surface area contributed by atoms with Crippen LogP contribution < -0.4 is 15.8 Å². The largest absolute Gasteiger partial charge is 0.368 e. The highest BCUT2D eigenvalue weighted by Gasteiger charge is 2.25. The average molecular weight is 339 g/mol. The number of hydrogen-bond acceptors (Lipinski definition) is 3. The van der Waals surface area contributed by atoms with Gasteiger partial charge in [0, 0.05) is 18.7 Å². The smallest absolute Gasteiger partial charge is 0.249 e. The summed E-state index contributed by atoms with van der Waals surface area (Å²) in [6.45, 7) is 1.88. The number of benzene rings is 1.